The molecule has 3 rings (SSSR count). The molecule has 1 aliphatic rings. The fourth-order valence-corrected chi connectivity index (χ4v) is 3.88. The SMILES string of the molecule is COC(=O)CN1C(=O)S/C(=C\c2cccc(OC(=O)c3ccccc3I)c2)C1=O. The van der Waals surface area contributed by atoms with Crippen molar-refractivity contribution in [3.63, 3.8) is 0 Å². The summed E-state index contributed by atoms with van der Waals surface area (Å²) in [6.07, 6.45) is 1.51. The molecular weight excluding hydrogens is 509 g/mol. The van der Waals surface area contributed by atoms with Gasteiger partial charge in [0.2, 0.25) is 0 Å². The number of nitrogens with zero attached hydrogens (tertiary/aromatic N) is 1. The average Bonchev–Trinajstić information content (AvgIpc) is 2.95. The van der Waals surface area contributed by atoms with E-state index in [1.54, 1.807) is 42.5 Å². The summed E-state index contributed by atoms with van der Waals surface area (Å²) >= 11 is 2.78. The Kier molecular flexibility index (Phi) is 6.70. The first-order valence-corrected chi connectivity index (χ1v) is 10.2. The third-order valence-corrected chi connectivity index (χ3v) is 5.70. The van der Waals surface area contributed by atoms with Gasteiger partial charge in [0.05, 0.1) is 17.6 Å². The highest BCUT2D eigenvalue weighted by atomic mass is 127. The summed E-state index contributed by atoms with van der Waals surface area (Å²) in [6, 6.07) is 13.6. The van der Waals surface area contributed by atoms with Gasteiger partial charge >= 0.3 is 11.9 Å². The first-order valence-electron chi connectivity index (χ1n) is 8.28. The number of carbonyl (C=O) groups excluding carboxylic acids is 4. The maximum absolute atomic E-state index is 12.4. The van der Waals surface area contributed by atoms with E-state index in [9.17, 15) is 19.2 Å². The van der Waals surface area contributed by atoms with Gasteiger partial charge in [-0.3, -0.25) is 19.3 Å². The second kappa shape index (κ2) is 9.23. The molecule has 2 aromatic carbocycles. The van der Waals surface area contributed by atoms with Crippen LogP contribution in [-0.2, 0) is 14.3 Å². The van der Waals surface area contributed by atoms with Gasteiger partial charge in [-0.05, 0) is 70.3 Å². The topological polar surface area (TPSA) is 90.0 Å². The second-order valence-corrected chi connectivity index (χ2v) is 7.94. The zero-order valence-electron chi connectivity index (χ0n) is 15.1. The molecule has 0 atom stereocenters. The van der Waals surface area contributed by atoms with E-state index in [1.807, 2.05) is 6.07 Å². The van der Waals surface area contributed by atoms with Gasteiger partial charge in [0.1, 0.15) is 12.3 Å². The fourth-order valence-electron chi connectivity index (χ4n) is 2.44. The zero-order chi connectivity index (χ0) is 21.0. The third-order valence-electron chi connectivity index (χ3n) is 3.85. The summed E-state index contributed by atoms with van der Waals surface area (Å²) in [7, 11) is 1.18. The predicted octanol–water partition coefficient (Wildman–Crippen LogP) is 3.72. The number of halogens is 1. The number of methoxy groups -OCH3 is 1. The average molecular weight is 523 g/mol. The molecule has 148 valence electrons. The van der Waals surface area contributed by atoms with E-state index in [-0.39, 0.29) is 4.91 Å². The summed E-state index contributed by atoms with van der Waals surface area (Å²) in [6.45, 7) is -0.439. The molecule has 0 aliphatic carbocycles. The van der Waals surface area contributed by atoms with Gasteiger partial charge in [0.15, 0.2) is 0 Å². The monoisotopic (exact) mass is 523 g/mol. The van der Waals surface area contributed by atoms with E-state index in [0.717, 1.165) is 20.2 Å². The lowest BCUT2D eigenvalue weighted by Gasteiger charge is -2.09. The normalized spacial score (nSPS) is 15.0. The van der Waals surface area contributed by atoms with E-state index in [4.69, 9.17) is 4.74 Å². The molecule has 1 saturated heterocycles. The molecule has 0 N–H and O–H groups in total. The number of rotatable bonds is 5. The number of imide groups is 1. The van der Waals surface area contributed by atoms with Crippen LogP contribution in [0, 0.1) is 3.57 Å². The molecule has 0 radical (unpaired) electrons. The van der Waals surface area contributed by atoms with Crippen molar-refractivity contribution in [2.75, 3.05) is 13.7 Å². The molecular formula is C20H14INO6S. The minimum atomic E-state index is -0.682. The molecule has 0 saturated carbocycles. The van der Waals surface area contributed by atoms with Crippen LogP contribution in [0.1, 0.15) is 15.9 Å². The largest absolute Gasteiger partial charge is 0.468 e. The van der Waals surface area contributed by atoms with E-state index < -0.39 is 29.6 Å². The molecule has 2 aromatic rings. The first-order chi connectivity index (χ1) is 13.9. The highest BCUT2D eigenvalue weighted by Gasteiger charge is 2.36. The van der Waals surface area contributed by atoms with Gasteiger partial charge in [-0.1, -0.05) is 24.3 Å². The number of benzene rings is 2. The summed E-state index contributed by atoms with van der Waals surface area (Å²) in [5.74, 6) is -1.45. The van der Waals surface area contributed by atoms with Crippen LogP contribution in [0.4, 0.5) is 4.79 Å². The number of esters is 2. The number of ether oxygens (including phenoxy) is 2. The van der Waals surface area contributed by atoms with Crippen LogP contribution < -0.4 is 4.74 Å². The Bertz CT molecular complexity index is 1040. The van der Waals surface area contributed by atoms with Crippen LogP contribution in [0.2, 0.25) is 0 Å². The number of amides is 2. The minimum Gasteiger partial charge on any atom is -0.468 e. The van der Waals surface area contributed by atoms with Crippen LogP contribution in [-0.4, -0.2) is 41.6 Å². The van der Waals surface area contributed by atoms with Crippen molar-refractivity contribution in [1.29, 1.82) is 0 Å². The zero-order valence-corrected chi connectivity index (χ0v) is 18.1. The Labute approximate surface area is 184 Å². The van der Waals surface area contributed by atoms with Crippen LogP contribution in [0.3, 0.4) is 0 Å². The van der Waals surface area contributed by atoms with E-state index >= 15 is 0 Å². The van der Waals surface area contributed by atoms with Crippen molar-refractivity contribution >= 4 is 63.5 Å². The Balaban J connectivity index is 1.77. The number of thioether (sulfide) groups is 1. The highest BCUT2D eigenvalue weighted by Crippen LogP contribution is 2.32. The Morgan fingerprint density at radius 3 is 2.62 bits per heavy atom. The van der Waals surface area contributed by atoms with E-state index in [0.29, 0.717) is 16.9 Å². The van der Waals surface area contributed by atoms with Crippen molar-refractivity contribution in [2.45, 2.75) is 0 Å². The lowest BCUT2D eigenvalue weighted by Crippen LogP contribution is -2.34. The molecule has 9 heteroatoms. The molecule has 7 nitrogen and oxygen atoms in total. The molecule has 2 amide bonds. The second-order valence-electron chi connectivity index (χ2n) is 5.79. The number of carbonyl (C=O) groups is 4. The van der Waals surface area contributed by atoms with Crippen LogP contribution >= 0.6 is 34.4 Å². The van der Waals surface area contributed by atoms with Gasteiger partial charge in [0, 0.05) is 3.57 Å². The molecule has 0 aromatic heterocycles. The first kappa shape index (κ1) is 21.1. The molecule has 0 bridgehead atoms. The summed E-state index contributed by atoms with van der Waals surface area (Å²) in [5, 5.41) is -0.548. The fraction of sp³-hybridized carbons (Fsp3) is 0.100. The quantitative estimate of drug-likeness (QED) is 0.256. The molecule has 0 unspecified atom stereocenters. The summed E-state index contributed by atoms with van der Waals surface area (Å²) < 4.78 is 10.7. The van der Waals surface area contributed by atoms with Gasteiger partial charge in [0.25, 0.3) is 11.1 Å². The van der Waals surface area contributed by atoms with Crippen molar-refractivity contribution in [2.24, 2.45) is 0 Å². The Hall–Kier alpha value is -2.66. The summed E-state index contributed by atoms with van der Waals surface area (Å²) in [5.41, 5.74) is 1.02. The Morgan fingerprint density at radius 1 is 1.14 bits per heavy atom. The lowest BCUT2D eigenvalue weighted by molar-refractivity contribution is -0.143. The van der Waals surface area contributed by atoms with E-state index in [2.05, 4.69) is 27.3 Å². The lowest BCUT2D eigenvalue weighted by atomic mass is 10.2. The highest BCUT2D eigenvalue weighted by molar-refractivity contribution is 14.1. The molecule has 29 heavy (non-hydrogen) atoms. The maximum atomic E-state index is 12.4. The molecule has 1 heterocycles. The minimum absolute atomic E-state index is 0.167. The van der Waals surface area contributed by atoms with Crippen LogP contribution in [0.15, 0.2) is 53.4 Å². The van der Waals surface area contributed by atoms with Gasteiger partial charge < -0.3 is 9.47 Å². The van der Waals surface area contributed by atoms with Gasteiger partial charge in [-0.15, -0.1) is 0 Å². The molecule has 1 fully saturated rings. The van der Waals surface area contributed by atoms with Gasteiger partial charge in [-0.25, -0.2) is 4.79 Å². The smallest absolute Gasteiger partial charge is 0.344 e. The van der Waals surface area contributed by atoms with Crippen molar-refractivity contribution < 1.29 is 28.7 Å². The van der Waals surface area contributed by atoms with Crippen molar-refractivity contribution in [3.8, 4) is 5.75 Å². The summed E-state index contributed by atoms with van der Waals surface area (Å²) in [4.78, 5) is 49.1. The maximum Gasteiger partial charge on any atom is 0.344 e. The standard InChI is InChI=1S/C20H14INO6S/c1-27-17(23)11-22-18(24)16(29-20(22)26)10-12-5-4-6-13(9-12)28-19(25)14-7-2-3-8-15(14)21/h2-10H,11H2,1H3/b16-10-. The molecule has 1 aliphatic heterocycles. The van der Waals surface area contributed by atoms with Crippen molar-refractivity contribution in [1.82, 2.24) is 4.90 Å². The third kappa shape index (κ3) is 5.04. The van der Waals surface area contributed by atoms with Crippen LogP contribution in [0.5, 0.6) is 5.75 Å². The van der Waals surface area contributed by atoms with Crippen LogP contribution in [0.25, 0.3) is 6.08 Å². The Morgan fingerprint density at radius 2 is 1.90 bits per heavy atom. The van der Waals surface area contributed by atoms with E-state index in [1.165, 1.54) is 13.2 Å². The van der Waals surface area contributed by atoms with Crippen molar-refractivity contribution in [3.05, 3.63) is 68.1 Å². The number of hydrogen-bond acceptors (Lipinski definition) is 7. The molecule has 0 spiro atoms. The predicted molar refractivity (Wildman–Crippen MR) is 115 cm³/mol. The van der Waals surface area contributed by atoms with Gasteiger partial charge in [-0.2, -0.15) is 0 Å². The number of hydrogen-bond donors (Lipinski definition) is 0.